The molecule has 0 saturated heterocycles. The van der Waals surface area contributed by atoms with Crippen LogP contribution in [0.1, 0.15) is 17.0 Å². The lowest BCUT2D eigenvalue weighted by Crippen LogP contribution is -2.27. The number of benzene rings is 3. The van der Waals surface area contributed by atoms with Crippen LogP contribution in [-0.4, -0.2) is 18.2 Å². The van der Waals surface area contributed by atoms with Gasteiger partial charge < -0.3 is 10.1 Å². The minimum absolute atomic E-state index is 0.474. The summed E-state index contributed by atoms with van der Waals surface area (Å²) in [6.45, 7) is 0. The summed E-state index contributed by atoms with van der Waals surface area (Å²) in [5, 5.41) is 12.5. The largest absolute Gasteiger partial charge is 0.497 e. The minimum atomic E-state index is -0.598. The third-order valence-electron chi connectivity index (χ3n) is 4.10. The topological polar surface area (TPSA) is 70.6 Å². The lowest BCUT2D eigenvalue weighted by molar-refractivity contribution is -0.129. The van der Waals surface area contributed by atoms with Crippen molar-refractivity contribution < 1.29 is 14.7 Å². The van der Waals surface area contributed by atoms with Crippen LogP contribution in [0.3, 0.4) is 0 Å². The van der Waals surface area contributed by atoms with E-state index in [1.807, 2.05) is 78.9 Å². The smallest absolute Gasteiger partial charge is 0.255 e. The summed E-state index contributed by atoms with van der Waals surface area (Å²) in [4.78, 5) is 12.3. The SMILES string of the molecule is COc1ccc(Nc2cccc(C(C(=O)NO)c3ccccc3)c2)cc1. The Morgan fingerprint density at radius 2 is 1.58 bits per heavy atom. The number of rotatable bonds is 6. The molecule has 0 aliphatic heterocycles. The molecule has 0 fully saturated rings. The van der Waals surface area contributed by atoms with Gasteiger partial charge in [0.1, 0.15) is 5.75 Å². The Hall–Kier alpha value is -3.31. The molecule has 0 aliphatic rings. The quantitative estimate of drug-likeness (QED) is 0.464. The van der Waals surface area contributed by atoms with Gasteiger partial charge in [-0.3, -0.25) is 10.0 Å². The molecule has 0 aliphatic carbocycles. The van der Waals surface area contributed by atoms with Crippen LogP contribution >= 0.6 is 0 Å². The second-order valence-electron chi connectivity index (χ2n) is 5.80. The number of nitrogens with one attached hydrogen (secondary N) is 2. The van der Waals surface area contributed by atoms with E-state index in [1.165, 1.54) is 0 Å². The predicted molar refractivity (Wildman–Crippen MR) is 101 cm³/mol. The number of amides is 1. The highest BCUT2D eigenvalue weighted by molar-refractivity contribution is 5.86. The van der Waals surface area contributed by atoms with Gasteiger partial charge in [0.25, 0.3) is 5.91 Å². The zero-order chi connectivity index (χ0) is 18.4. The molecule has 0 saturated carbocycles. The fourth-order valence-corrected chi connectivity index (χ4v) is 2.84. The first-order valence-corrected chi connectivity index (χ1v) is 8.21. The van der Waals surface area contributed by atoms with Gasteiger partial charge in [-0.15, -0.1) is 0 Å². The standard InChI is InChI=1S/C21H20N2O3/c1-26-19-12-10-17(11-13-19)22-18-9-5-8-16(14-18)20(21(24)23-25)15-6-3-2-4-7-15/h2-14,20,22,25H,1H3,(H,23,24). The maximum absolute atomic E-state index is 12.3. The first-order chi connectivity index (χ1) is 12.7. The molecule has 0 bridgehead atoms. The van der Waals surface area contributed by atoms with Gasteiger partial charge in [-0.1, -0.05) is 42.5 Å². The molecule has 3 rings (SSSR count). The van der Waals surface area contributed by atoms with Crippen LogP contribution < -0.4 is 15.5 Å². The Labute approximate surface area is 152 Å². The monoisotopic (exact) mass is 348 g/mol. The molecule has 0 heterocycles. The third-order valence-corrected chi connectivity index (χ3v) is 4.10. The minimum Gasteiger partial charge on any atom is -0.497 e. The van der Waals surface area contributed by atoms with E-state index >= 15 is 0 Å². The number of methoxy groups -OCH3 is 1. The van der Waals surface area contributed by atoms with E-state index in [-0.39, 0.29) is 0 Å². The fraction of sp³-hybridized carbons (Fsp3) is 0.0952. The molecule has 26 heavy (non-hydrogen) atoms. The molecule has 3 aromatic rings. The molecular weight excluding hydrogens is 328 g/mol. The molecule has 0 spiro atoms. The van der Waals surface area contributed by atoms with Gasteiger partial charge in [0.05, 0.1) is 13.0 Å². The molecule has 1 atom stereocenters. The molecule has 1 unspecified atom stereocenters. The van der Waals surface area contributed by atoms with E-state index in [0.717, 1.165) is 28.3 Å². The Balaban J connectivity index is 1.89. The van der Waals surface area contributed by atoms with Crippen molar-refractivity contribution in [2.75, 3.05) is 12.4 Å². The summed E-state index contributed by atoms with van der Waals surface area (Å²) in [6.07, 6.45) is 0. The number of carbonyl (C=O) groups excluding carboxylic acids is 1. The molecule has 0 radical (unpaired) electrons. The van der Waals surface area contributed by atoms with Crippen molar-refractivity contribution in [3.8, 4) is 5.75 Å². The average molecular weight is 348 g/mol. The molecule has 3 aromatic carbocycles. The number of hydrogen-bond acceptors (Lipinski definition) is 4. The second kappa shape index (κ2) is 8.18. The summed E-state index contributed by atoms with van der Waals surface area (Å²) in [5.41, 5.74) is 5.11. The van der Waals surface area contributed by atoms with Gasteiger partial charge in [0.15, 0.2) is 0 Å². The summed E-state index contributed by atoms with van der Waals surface area (Å²) in [5.74, 6) is -0.287. The molecule has 1 amide bonds. The Bertz CT molecular complexity index is 864. The molecule has 0 aromatic heterocycles. The normalized spacial score (nSPS) is 11.5. The van der Waals surface area contributed by atoms with Gasteiger partial charge in [-0.2, -0.15) is 0 Å². The highest BCUT2D eigenvalue weighted by Crippen LogP contribution is 2.28. The molecule has 3 N–H and O–H groups in total. The number of hydrogen-bond donors (Lipinski definition) is 3. The van der Waals surface area contributed by atoms with Crippen LogP contribution in [0.4, 0.5) is 11.4 Å². The third kappa shape index (κ3) is 4.02. The highest BCUT2D eigenvalue weighted by atomic mass is 16.5. The van der Waals surface area contributed by atoms with E-state index in [9.17, 15) is 4.79 Å². The number of carbonyl (C=O) groups is 1. The van der Waals surface area contributed by atoms with E-state index in [1.54, 1.807) is 12.6 Å². The van der Waals surface area contributed by atoms with Crippen molar-refractivity contribution in [3.05, 3.63) is 90.0 Å². The van der Waals surface area contributed by atoms with Gasteiger partial charge in [0.2, 0.25) is 0 Å². The van der Waals surface area contributed by atoms with Crippen molar-refractivity contribution in [1.82, 2.24) is 5.48 Å². The van der Waals surface area contributed by atoms with Crippen LogP contribution in [0.25, 0.3) is 0 Å². The fourth-order valence-electron chi connectivity index (χ4n) is 2.84. The molecular formula is C21H20N2O3. The van der Waals surface area contributed by atoms with E-state index < -0.39 is 11.8 Å². The van der Waals surface area contributed by atoms with Crippen molar-refractivity contribution in [2.24, 2.45) is 0 Å². The summed E-state index contributed by atoms with van der Waals surface area (Å²) in [7, 11) is 1.63. The molecule has 132 valence electrons. The van der Waals surface area contributed by atoms with Gasteiger partial charge in [-0.05, 0) is 47.5 Å². The Kier molecular flexibility index (Phi) is 5.51. The lowest BCUT2D eigenvalue weighted by Gasteiger charge is -2.17. The van der Waals surface area contributed by atoms with E-state index in [0.29, 0.717) is 0 Å². The first kappa shape index (κ1) is 17.5. The van der Waals surface area contributed by atoms with Crippen LogP contribution in [0, 0.1) is 0 Å². The maximum atomic E-state index is 12.3. The van der Waals surface area contributed by atoms with E-state index in [2.05, 4.69) is 5.32 Å². The first-order valence-electron chi connectivity index (χ1n) is 8.21. The maximum Gasteiger partial charge on any atom is 0.255 e. The second-order valence-corrected chi connectivity index (χ2v) is 5.80. The number of hydroxylamine groups is 1. The van der Waals surface area contributed by atoms with Crippen LogP contribution in [-0.2, 0) is 4.79 Å². The van der Waals surface area contributed by atoms with Crippen LogP contribution in [0.15, 0.2) is 78.9 Å². The van der Waals surface area contributed by atoms with Crippen molar-refractivity contribution >= 4 is 17.3 Å². The lowest BCUT2D eigenvalue weighted by atomic mass is 9.90. The van der Waals surface area contributed by atoms with E-state index in [4.69, 9.17) is 9.94 Å². The number of anilines is 2. The Morgan fingerprint density at radius 3 is 2.23 bits per heavy atom. The van der Waals surface area contributed by atoms with Crippen molar-refractivity contribution in [2.45, 2.75) is 5.92 Å². The van der Waals surface area contributed by atoms with Crippen molar-refractivity contribution in [1.29, 1.82) is 0 Å². The zero-order valence-corrected chi connectivity index (χ0v) is 14.3. The average Bonchev–Trinajstić information content (AvgIpc) is 2.70. The number of ether oxygens (including phenoxy) is 1. The predicted octanol–water partition coefficient (Wildman–Crippen LogP) is 4.08. The zero-order valence-electron chi connectivity index (χ0n) is 14.3. The van der Waals surface area contributed by atoms with Crippen molar-refractivity contribution in [3.63, 3.8) is 0 Å². The summed E-state index contributed by atoms with van der Waals surface area (Å²) >= 11 is 0. The highest BCUT2D eigenvalue weighted by Gasteiger charge is 2.22. The van der Waals surface area contributed by atoms with Crippen LogP contribution in [0.5, 0.6) is 5.75 Å². The van der Waals surface area contributed by atoms with Gasteiger partial charge >= 0.3 is 0 Å². The van der Waals surface area contributed by atoms with Gasteiger partial charge in [-0.25, -0.2) is 5.48 Å². The Morgan fingerprint density at radius 1 is 0.885 bits per heavy atom. The summed E-state index contributed by atoms with van der Waals surface area (Å²) in [6, 6.07) is 24.5. The summed E-state index contributed by atoms with van der Waals surface area (Å²) < 4.78 is 5.16. The van der Waals surface area contributed by atoms with Gasteiger partial charge in [0, 0.05) is 11.4 Å². The molecule has 5 heteroatoms. The van der Waals surface area contributed by atoms with Crippen LogP contribution in [0.2, 0.25) is 0 Å². The molecule has 5 nitrogen and oxygen atoms in total.